The van der Waals surface area contributed by atoms with Gasteiger partial charge >= 0.3 is 0 Å². The van der Waals surface area contributed by atoms with Crippen LogP contribution in [0.1, 0.15) is 39.5 Å². The fourth-order valence-electron chi connectivity index (χ4n) is 2.30. The van der Waals surface area contributed by atoms with Gasteiger partial charge in [0.15, 0.2) is 0 Å². The minimum atomic E-state index is 0.401. The van der Waals surface area contributed by atoms with Crippen LogP contribution in [0.25, 0.3) is 0 Å². The Bertz CT molecular complexity index is 154. The average molecular weight is 214 g/mol. The van der Waals surface area contributed by atoms with Crippen molar-refractivity contribution in [3.05, 3.63) is 0 Å². The maximum atomic E-state index is 5.70. The molecule has 1 fully saturated rings. The standard InChI is InChI=1S/C12H26N2O/c1-11-9-14(10-12(2)15-11)8-6-4-3-5-7-13/h11-12H,3-10,13H2,1-2H3. The highest BCUT2D eigenvalue weighted by Crippen LogP contribution is 2.11. The summed E-state index contributed by atoms with van der Waals surface area (Å²) in [6.07, 6.45) is 5.88. The number of hydrogen-bond acceptors (Lipinski definition) is 3. The maximum Gasteiger partial charge on any atom is 0.0678 e. The highest BCUT2D eigenvalue weighted by Gasteiger charge is 2.21. The third-order valence-electron chi connectivity index (χ3n) is 2.92. The second-order valence-corrected chi connectivity index (χ2v) is 4.72. The summed E-state index contributed by atoms with van der Waals surface area (Å²) in [7, 11) is 0. The van der Waals surface area contributed by atoms with E-state index in [0.29, 0.717) is 12.2 Å². The zero-order chi connectivity index (χ0) is 11.1. The molecule has 0 saturated carbocycles. The topological polar surface area (TPSA) is 38.5 Å². The first-order valence-electron chi connectivity index (χ1n) is 6.30. The molecule has 15 heavy (non-hydrogen) atoms. The SMILES string of the molecule is CC1CN(CCCCCCN)CC(C)O1. The highest BCUT2D eigenvalue weighted by molar-refractivity contribution is 4.72. The lowest BCUT2D eigenvalue weighted by molar-refractivity contribution is -0.0681. The van der Waals surface area contributed by atoms with Gasteiger partial charge in [0.2, 0.25) is 0 Å². The van der Waals surface area contributed by atoms with Crippen LogP contribution in [0.4, 0.5) is 0 Å². The molecule has 2 unspecified atom stereocenters. The first-order valence-corrected chi connectivity index (χ1v) is 6.30. The number of rotatable bonds is 6. The van der Waals surface area contributed by atoms with E-state index in [9.17, 15) is 0 Å². The van der Waals surface area contributed by atoms with Crippen molar-refractivity contribution in [1.82, 2.24) is 4.90 Å². The Morgan fingerprint density at radius 3 is 2.27 bits per heavy atom. The summed E-state index contributed by atoms with van der Waals surface area (Å²) in [6, 6.07) is 0. The number of nitrogens with zero attached hydrogens (tertiary/aromatic N) is 1. The van der Waals surface area contributed by atoms with Crippen LogP contribution in [0.5, 0.6) is 0 Å². The Kier molecular flexibility index (Phi) is 6.22. The molecule has 0 radical (unpaired) electrons. The average Bonchev–Trinajstić information content (AvgIpc) is 2.16. The van der Waals surface area contributed by atoms with E-state index in [4.69, 9.17) is 10.5 Å². The fourth-order valence-corrected chi connectivity index (χ4v) is 2.30. The minimum absolute atomic E-state index is 0.401. The molecule has 1 aliphatic rings. The summed E-state index contributed by atoms with van der Waals surface area (Å²) in [6.45, 7) is 8.59. The monoisotopic (exact) mass is 214 g/mol. The van der Waals surface area contributed by atoms with Crippen molar-refractivity contribution in [1.29, 1.82) is 0 Å². The van der Waals surface area contributed by atoms with Crippen molar-refractivity contribution in [2.24, 2.45) is 5.73 Å². The summed E-state index contributed by atoms with van der Waals surface area (Å²) in [4.78, 5) is 2.53. The van der Waals surface area contributed by atoms with E-state index in [1.165, 1.54) is 32.2 Å². The fraction of sp³-hybridized carbons (Fsp3) is 1.00. The second-order valence-electron chi connectivity index (χ2n) is 4.72. The summed E-state index contributed by atoms with van der Waals surface area (Å²) < 4.78 is 5.70. The van der Waals surface area contributed by atoms with E-state index in [2.05, 4.69) is 18.7 Å². The first kappa shape index (κ1) is 12.9. The number of hydrogen-bond donors (Lipinski definition) is 1. The van der Waals surface area contributed by atoms with Crippen LogP contribution < -0.4 is 5.73 Å². The van der Waals surface area contributed by atoms with Gasteiger partial charge in [-0.3, -0.25) is 4.90 Å². The number of nitrogens with two attached hydrogens (primary N) is 1. The summed E-state index contributed by atoms with van der Waals surface area (Å²) in [5, 5.41) is 0. The summed E-state index contributed by atoms with van der Waals surface area (Å²) in [5.41, 5.74) is 5.46. The van der Waals surface area contributed by atoms with Crippen LogP contribution in [0.15, 0.2) is 0 Å². The zero-order valence-corrected chi connectivity index (χ0v) is 10.2. The minimum Gasteiger partial charge on any atom is -0.373 e. The number of unbranched alkanes of at least 4 members (excludes halogenated alkanes) is 3. The predicted octanol–water partition coefficient (Wildman–Crippen LogP) is 1.61. The van der Waals surface area contributed by atoms with Gasteiger partial charge in [-0.2, -0.15) is 0 Å². The van der Waals surface area contributed by atoms with E-state index in [-0.39, 0.29) is 0 Å². The van der Waals surface area contributed by atoms with Crippen LogP contribution >= 0.6 is 0 Å². The molecular weight excluding hydrogens is 188 g/mol. The molecule has 0 bridgehead atoms. The van der Waals surface area contributed by atoms with Crippen LogP contribution in [-0.4, -0.2) is 43.3 Å². The third-order valence-corrected chi connectivity index (χ3v) is 2.92. The van der Waals surface area contributed by atoms with Gasteiger partial charge in [0.1, 0.15) is 0 Å². The van der Waals surface area contributed by atoms with Crippen molar-refractivity contribution < 1.29 is 4.74 Å². The normalized spacial score (nSPS) is 28.2. The Balaban J connectivity index is 2.04. The van der Waals surface area contributed by atoms with Gasteiger partial charge in [-0.25, -0.2) is 0 Å². The van der Waals surface area contributed by atoms with E-state index < -0.39 is 0 Å². The molecule has 2 atom stereocenters. The predicted molar refractivity (Wildman–Crippen MR) is 64.0 cm³/mol. The van der Waals surface area contributed by atoms with Gasteiger partial charge < -0.3 is 10.5 Å². The Morgan fingerprint density at radius 2 is 1.67 bits per heavy atom. The third kappa shape index (κ3) is 5.50. The molecule has 0 aromatic carbocycles. The van der Waals surface area contributed by atoms with Gasteiger partial charge in [-0.1, -0.05) is 12.8 Å². The molecule has 1 heterocycles. The number of ether oxygens (including phenoxy) is 1. The Hall–Kier alpha value is -0.120. The molecule has 1 saturated heterocycles. The molecular formula is C12H26N2O. The molecule has 2 N–H and O–H groups in total. The summed E-state index contributed by atoms with van der Waals surface area (Å²) in [5.74, 6) is 0. The maximum absolute atomic E-state index is 5.70. The quantitative estimate of drug-likeness (QED) is 0.683. The van der Waals surface area contributed by atoms with E-state index in [1.807, 2.05) is 0 Å². The van der Waals surface area contributed by atoms with Gasteiger partial charge in [0, 0.05) is 13.1 Å². The lowest BCUT2D eigenvalue weighted by Crippen LogP contribution is -2.45. The van der Waals surface area contributed by atoms with Crippen molar-refractivity contribution >= 4 is 0 Å². The van der Waals surface area contributed by atoms with E-state index in [0.717, 1.165) is 19.6 Å². The molecule has 1 rings (SSSR count). The molecule has 0 aromatic heterocycles. The second kappa shape index (κ2) is 7.20. The molecule has 3 nitrogen and oxygen atoms in total. The van der Waals surface area contributed by atoms with Gasteiger partial charge in [0.25, 0.3) is 0 Å². The summed E-state index contributed by atoms with van der Waals surface area (Å²) >= 11 is 0. The Morgan fingerprint density at radius 1 is 1.07 bits per heavy atom. The molecule has 0 aromatic rings. The van der Waals surface area contributed by atoms with Crippen molar-refractivity contribution in [3.63, 3.8) is 0 Å². The zero-order valence-electron chi connectivity index (χ0n) is 10.2. The van der Waals surface area contributed by atoms with E-state index >= 15 is 0 Å². The van der Waals surface area contributed by atoms with Crippen molar-refractivity contribution in [3.8, 4) is 0 Å². The molecule has 90 valence electrons. The van der Waals surface area contributed by atoms with Crippen LogP contribution in [0, 0.1) is 0 Å². The van der Waals surface area contributed by atoms with Gasteiger partial charge in [-0.05, 0) is 39.8 Å². The van der Waals surface area contributed by atoms with Gasteiger partial charge in [-0.15, -0.1) is 0 Å². The molecule has 3 heteroatoms. The lowest BCUT2D eigenvalue weighted by atomic mass is 10.1. The molecule has 0 aliphatic carbocycles. The van der Waals surface area contributed by atoms with Crippen LogP contribution in [0.3, 0.4) is 0 Å². The first-order chi connectivity index (χ1) is 7.22. The van der Waals surface area contributed by atoms with Crippen LogP contribution in [-0.2, 0) is 4.74 Å². The molecule has 0 spiro atoms. The smallest absolute Gasteiger partial charge is 0.0678 e. The van der Waals surface area contributed by atoms with Gasteiger partial charge in [0.05, 0.1) is 12.2 Å². The number of morpholine rings is 1. The largest absolute Gasteiger partial charge is 0.373 e. The molecule has 0 amide bonds. The van der Waals surface area contributed by atoms with Crippen LogP contribution in [0.2, 0.25) is 0 Å². The van der Waals surface area contributed by atoms with E-state index in [1.54, 1.807) is 0 Å². The lowest BCUT2D eigenvalue weighted by Gasteiger charge is -2.35. The van der Waals surface area contributed by atoms with Crippen molar-refractivity contribution in [2.75, 3.05) is 26.2 Å². The molecule has 1 aliphatic heterocycles. The Labute approximate surface area is 94.0 Å². The van der Waals surface area contributed by atoms with Crippen molar-refractivity contribution in [2.45, 2.75) is 51.7 Å². The highest BCUT2D eigenvalue weighted by atomic mass is 16.5.